The summed E-state index contributed by atoms with van der Waals surface area (Å²) in [6, 6.07) is 9.45. The van der Waals surface area contributed by atoms with E-state index in [2.05, 4.69) is 26.0 Å². The van der Waals surface area contributed by atoms with Gasteiger partial charge in [0.1, 0.15) is 4.90 Å². The fraction of sp³-hybridized carbons (Fsp3) is 0.783. The lowest BCUT2D eigenvalue weighted by atomic mass is 9.91. The Morgan fingerprint density at radius 1 is 0.400 bits per heavy atom. The molecule has 3 nitrogen and oxygen atoms in total. The summed E-state index contributed by atoms with van der Waals surface area (Å²) in [7, 11) is -4.26. The summed E-state index contributed by atoms with van der Waals surface area (Å²) in [5, 5.41) is 1.67. The van der Waals surface area contributed by atoms with Crippen LogP contribution in [0.3, 0.4) is 0 Å². The molecule has 1 N–H and O–H groups in total. The van der Waals surface area contributed by atoms with Crippen LogP contribution in [0.25, 0.3) is 10.8 Å². The predicted molar refractivity (Wildman–Crippen MR) is 220 cm³/mol. The van der Waals surface area contributed by atoms with Crippen molar-refractivity contribution in [1.29, 1.82) is 0 Å². The van der Waals surface area contributed by atoms with Gasteiger partial charge in [-0.2, -0.15) is 8.42 Å². The molecule has 0 heterocycles. The Morgan fingerprint density at radius 2 is 0.740 bits per heavy atom. The monoisotopic (exact) mass is 713 g/mol. The summed E-state index contributed by atoms with van der Waals surface area (Å²) in [4.78, 5) is 0.0391. The molecule has 0 amide bonds. The first-order valence-electron chi connectivity index (χ1n) is 22.0. The molecule has 0 spiro atoms. The fourth-order valence-electron chi connectivity index (χ4n) is 7.90. The standard InChI is InChI=1S/C46H80O3S/c1-3-5-7-9-11-13-15-17-19-21-23-25-27-29-31-33-36-42-40-41-45-44(38-35-39-46(45)50(47,48)49)43(42)37-34-32-30-28-26-24-22-20-18-16-14-12-10-8-6-4-2/h35,38-41H,3-34,36-37H2,1-2H3,(H,47,48,49). The molecule has 2 aromatic rings. The third-order valence-electron chi connectivity index (χ3n) is 11.1. The molecule has 0 aliphatic rings. The number of hydrogen-bond donors (Lipinski definition) is 1. The van der Waals surface area contributed by atoms with Crippen molar-refractivity contribution in [3.05, 3.63) is 41.5 Å². The molecule has 0 aliphatic heterocycles. The van der Waals surface area contributed by atoms with E-state index in [1.807, 2.05) is 6.07 Å². The van der Waals surface area contributed by atoms with Crippen molar-refractivity contribution < 1.29 is 13.0 Å². The summed E-state index contributed by atoms with van der Waals surface area (Å²) in [6.07, 6.45) is 45.9. The van der Waals surface area contributed by atoms with Crippen molar-refractivity contribution in [2.45, 2.75) is 237 Å². The molecule has 2 rings (SSSR count). The topological polar surface area (TPSA) is 54.4 Å². The van der Waals surface area contributed by atoms with E-state index < -0.39 is 10.1 Å². The van der Waals surface area contributed by atoms with Crippen LogP contribution >= 0.6 is 0 Å². The van der Waals surface area contributed by atoms with Crippen LogP contribution in [0.2, 0.25) is 0 Å². The Balaban J connectivity index is 1.66. The molecule has 0 saturated carbocycles. The predicted octanol–water partition coefficient (Wildman–Crippen LogP) is 15.7. The quantitative estimate of drug-likeness (QED) is 0.0572. The van der Waals surface area contributed by atoms with Crippen molar-refractivity contribution >= 4 is 20.9 Å². The van der Waals surface area contributed by atoms with Crippen LogP contribution < -0.4 is 0 Å². The molecule has 0 bridgehead atoms. The maximum atomic E-state index is 12.2. The molecule has 0 aromatic heterocycles. The summed E-state index contributed by atoms with van der Waals surface area (Å²) in [5.74, 6) is 0. The lowest BCUT2D eigenvalue weighted by Crippen LogP contribution is -2.02. The van der Waals surface area contributed by atoms with Gasteiger partial charge in [-0.25, -0.2) is 0 Å². The van der Waals surface area contributed by atoms with Gasteiger partial charge >= 0.3 is 0 Å². The molecule has 288 valence electrons. The normalized spacial score (nSPS) is 12.0. The maximum Gasteiger partial charge on any atom is 0.295 e. The Labute approximate surface area is 311 Å². The first-order valence-corrected chi connectivity index (χ1v) is 23.4. The van der Waals surface area contributed by atoms with Gasteiger partial charge in [0, 0.05) is 5.39 Å². The number of benzene rings is 2. The molecule has 4 heteroatoms. The highest BCUT2D eigenvalue weighted by Crippen LogP contribution is 2.31. The average molecular weight is 713 g/mol. The number of fused-ring (bicyclic) bond motifs is 1. The number of rotatable bonds is 35. The van der Waals surface area contributed by atoms with Gasteiger partial charge < -0.3 is 0 Å². The molecule has 0 saturated heterocycles. The Kier molecular flexibility index (Phi) is 27.0. The van der Waals surface area contributed by atoms with E-state index in [-0.39, 0.29) is 4.90 Å². The minimum Gasteiger partial charge on any atom is -0.282 e. The highest BCUT2D eigenvalue weighted by Gasteiger charge is 2.17. The second-order valence-electron chi connectivity index (χ2n) is 15.6. The highest BCUT2D eigenvalue weighted by molar-refractivity contribution is 7.86. The van der Waals surface area contributed by atoms with Gasteiger partial charge in [0.15, 0.2) is 0 Å². The zero-order valence-corrected chi connectivity index (χ0v) is 33.9. The van der Waals surface area contributed by atoms with Crippen LogP contribution in [0.5, 0.6) is 0 Å². The maximum absolute atomic E-state index is 12.2. The van der Waals surface area contributed by atoms with E-state index in [1.165, 1.54) is 216 Å². The molecular formula is C46H80O3S. The molecule has 0 radical (unpaired) electrons. The number of hydrogen-bond acceptors (Lipinski definition) is 2. The average Bonchev–Trinajstić information content (AvgIpc) is 3.11. The van der Waals surface area contributed by atoms with Gasteiger partial charge in [0.25, 0.3) is 10.1 Å². The summed E-state index contributed by atoms with van der Waals surface area (Å²) in [5.41, 5.74) is 2.68. The lowest BCUT2D eigenvalue weighted by Gasteiger charge is -2.15. The molecule has 0 aliphatic carbocycles. The zero-order valence-electron chi connectivity index (χ0n) is 33.1. The minimum atomic E-state index is -4.26. The molecule has 0 atom stereocenters. The van der Waals surface area contributed by atoms with Crippen molar-refractivity contribution in [2.75, 3.05) is 0 Å². The summed E-state index contributed by atoms with van der Waals surface area (Å²) in [6.45, 7) is 4.58. The third kappa shape index (κ3) is 21.2. The first kappa shape index (κ1) is 44.8. The van der Waals surface area contributed by atoms with E-state index in [0.717, 1.165) is 24.6 Å². The Hall–Kier alpha value is -1.39. The number of aryl methyl sites for hydroxylation is 2. The second kappa shape index (κ2) is 30.1. The molecular weight excluding hydrogens is 633 g/mol. The first-order chi connectivity index (χ1) is 24.5. The molecule has 50 heavy (non-hydrogen) atoms. The third-order valence-corrected chi connectivity index (χ3v) is 12.0. The summed E-state index contributed by atoms with van der Waals surface area (Å²) < 4.78 is 34.2. The second-order valence-corrected chi connectivity index (χ2v) is 17.0. The lowest BCUT2D eigenvalue weighted by molar-refractivity contribution is 0.484. The van der Waals surface area contributed by atoms with Crippen molar-refractivity contribution in [3.63, 3.8) is 0 Å². The van der Waals surface area contributed by atoms with Gasteiger partial charge in [0.2, 0.25) is 0 Å². The van der Waals surface area contributed by atoms with Gasteiger partial charge in [-0.15, -0.1) is 0 Å². The zero-order chi connectivity index (χ0) is 36.0. The minimum absolute atomic E-state index is 0.0391. The molecule has 2 aromatic carbocycles. The van der Waals surface area contributed by atoms with Gasteiger partial charge in [-0.05, 0) is 48.3 Å². The van der Waals surface area contributed by atoms with Crippen molar-refractivity contribution in [1.82, 2.24) is 0 Å². The molecule has 0 unspecified atom stereocenters. The van der Waals surface area contributed by atoms with Crippen molar-refractivity contribution in [2.24, 2.45) is 0 Å². The van der Waals surface area contributed by atoms with E-state index in [1.54, 1.807) is 6.07 Å². The van der Waals surface area contributed by atoms with Gasteiger partial charge in [-0.3, -0.25) is 4.55 Å². The van der Waals surface area contributed by atoms with E-state index in [0.29, 0.717) is 5.39 Å². The fourth-order valence-corrected chi connectivity index (χ4v) is 8.61. The van der Waals surface area contributed by atoms with Crippen LogP contribution in [-0.2, 0) is 23.0 Å². The van der Waals surface area contributed by atoms with E-state index >= 15 is 0 Å². The Bertz CT molecular complexity index is 1190. The van der Waals surface area contributed by atoms with E-state index in [9.17, 15) is 13.0 Å². The summed E-state index contributed by atoms with van der Waals surface area (Å²) >= 11 is 0. The smallest absolute Gasteiger partial charge is 0.282 e. The van der Waals surface area contributed by atoms with Crippen molar-refractivity contribution in [3.8, 4) is 0 Å². The van der Waals surface area contributed by atoms with Crippen LogP contribution in [0.15, 0.2) is 35.2 Å². The Morgan fingerprint density at radius 3 is 1.10 bits per heavy atom. The molecule has 0 fully saturated rings. The van der Waals surface area contributed by atoms with Crippen LogP contribution in [0.4, 0.5) is 0 Å². The van der Waals surface area contributed by atoms with Crippen LogP contribution in [-0.4, -0.2) is 13.0 Å². The van der Waals surface area contributed by atoms with Crippen LogP contribution in [0, 0.1) is 0 Å². The highest BCUT2D eigenvalue weighted by atomic mass is 32.2. The van der Waals surface area contributed by atoms with Gasteiger partial charge in [-0.1, -0.05) is 231 Å². The largest absolute Gasteiger partial charge is 0.295 e. The van der Waals surface area contributed by atoms with Crippen LogP contribution in [0.1, 0.15) is 230 Å². The number of unbranched alkanes of at least 4 members (excludes halogenated alkanes) is 30. The van der Waals surface area contributed by atoms with Gasteiger partial charge in [0.05, 0.1) is 0 Å². The SMILES string of the molecule is CCCCCCCCCCCCCCCCCCc1ccc2c(S(=O)(=O)O)cccc2c1CCCCCCCCCCCCCCCCCC. The van der Waals surface area contributed by atoms with E-state index in [4.69, 9.17) is 0 Å².